The fourth-order valence-electron chi connectivity index (χ4n) is 2.66. The van der Waals surface area contributed by atoms with Gasteiger partial charge in [-0.05, 0) is 18.8 Å². The highest BCUT2D eigenvalue weighted by atomic mass is 15.5. The van der Waals surface area contributed by atoms with Crippen molar-refractivity contribution in [3.8, 4) is 0 Å². The van der Waals surface area contributed by atoms with E-state index in [0.29, 0.717) is 23.3 Å². The van der Waals surface area contributed by atoms with Crippen molar-refractivity contribution in [2.24, 2.45) is 5.92 Å². The van der Waals surface area contributed by atoms with Gasteiger partial charge in [0.2, 0.25) is 0 Å². The van der Waals surface area contributed by atoms with Gasteiger partial charge >= 0.3 is 0 Å². The molecule has 0 aliphatic heterocycles. The maximum atomic E-state index is 5.77. The smallest absolute Gasteiger partial charge is 0.184 e. The van der Waals surface area contributed by atoms with Gasteiger partial charge < -0.3 is 5.73 Å². The van der Waals surface area contributed by atoms with Crippen LogP contribution < -0.4 is 5.73 Å². The lowest BCUT2D eigenvalue weighted by atomic mass is 9.86. The molecular formula is C11H16N6. The van der Waals surface area contributed by atoms with Gasteiger partial charge in [0.25, 0.3) is 0 Å². The van der Waals surface area contributed by atoms with Crippen LogP contribution in [-0.4, -0.2) is 25.0 Å². The third kappa shape index (κ3) is 1.64. The van der Waals surface area contributed by atoms with Crippen LogP contribution in [0.4, 0.5) is 5.82 Å². The minimum absolute atomic E-state index is 0.392. The van der Waals surface area contributed by atoms with E-state index < -0.39 is 0 Å². The Hall–Kier alpha value is -1.72. The highest BCUT2D eigenvalue weighted by Gasteiger charge is 2.26. The van der Waals surface area contributed by atoms with Crippen LogP contribution in [0.5, 0.6) is 0 Å². The number of nitrogen functional groups attached to an aromatic ring is 1. The van der Waals surface area contributed by atoms with E-state index in [1.54, 1.807) is 0 Å². The van der Waals surface area contributed by atoms with E-state index in [-0.39, 0.29) is 0 Å². The first-order valence-corrected chi connectivity index (χ1v) is 6.08. The molecule has 6 heteroatoms. The quantitative estimate of drug-likeness (QED) is 0.806. The molecule has 0 amide bonds. The van der Waals surface area contributed by atoms with Crippen LogP contribution in [0.15, 0.2) is 6.33 Å². The van der Waals surface area contributed by atoms with Crippen molar-refractivity contribution in [3.63, 3.8) is 0 Å². The van der Waals surface area contributed by atoms with E-state index in [1.807, 2.05) is 4.68 Å². The van der Waals surface area contributed by atoms with Gasteiger partial charge in [-0.3, -0.25) is 0 Å². The zero-order chi connectivity index (χ0) is 11.8. The molecule has 0 unspecified atom stereocenters. The van der Waals surface area contributed by atoms with Gasteiger partial charge in [0.05, 0.1) is 6.04 Å². The Kier molecular flexibility index (Phi) is 2.42. The normalized spacial score (nSPS) is 25.2. The predicted octanol–water partition coefficient (Wildman–Crippen LogP) is 1.55. The van der Waals surface area contributed by atoms with Gasteiger partial charge in [-0.1, -0.05) is 25.0 Å². The van der Waals surface area contributed by atoms with Crippen LogP contribution in [-0.2, 0) is 0 Å². The number of hydrogen-bond acceptors (Lipinski definition) is 5. The second-order valence-electron chi connectivity index (χ2n) is 4.79. The Labute approximate surface area is 99.2 Å². The van der Waals surface area contributed by atoms with Crippen LogP contribution in [0.2, 0.25) is 0 Å². The summed E-state index contributed by atoms with van der Waals surface area (Å²) in [6, 6.07) is 0.392. The number of fused-ring (bicyclic) bond motifs is 1. The zero-order valence-corrected chi connectivity index (χ0v) is 9.87. The lowest BCUT2D eigenvalue weighted by Gasteiger charge is -2.28. The number of nitrogens with zero attached hydrogens (tertiary/aromatic N) is 5. The molecule has 0 bridgehead atoms. The van der Waals surface area contributed by atoms with Gasteiger partial charge in [0.1, 0.15) is 6.33 Å². The monoisotopic (exact) mass is 232 g/mol. The first kappa shape index (κ1) is 10.4. The third-order valence-electron chi connectivity index (χ3n) is 3.67. The van der Waals surface area contributed by atoms with Gasteiger partial charge in [-0.15, -0.1) is 5.10 Å². The van der Waals surface area contributed by atoms with Crippen molar-refractivity contribution in [2.75, 3.05) is 5.73 Å². The number of nitrogens with two attached hydrogens (primary N) is 1. The van der Waals surface area contributed by atoms with Crippen molar-refractivity contribution < 1.29 is 0 Å². The van der Waals surface area contributed by atoms with Crippen LogP contribution in [0.25, 0.3) is 11.2 Å². The van der Waals surface area contributed by atoms with Crippen molar-refractivity contribution in [2.45, 2.75) is 38.6 Å². The Morgan fingerprint density at radius 3 is 2.94 bits per heavy atom. The Morgan fingerprint density at radius 1 is 1.29 bits per heavy atom. The minimum atomic E-state index is 0.392. The first-order valence-electron chi connectivity index (χ1n) is 6.08. The molecule has 0 aromatic carbocycles. The van der Waals surface area contributed by atoms with Gasteiger partial charge in [0, 0.05) is 0 Å². The summed E-state index contributed by atoms with van der Waals surface area (Å²) in [5.74, 6) is 1.02. The zero-order valence-electron chi connectivity index (χ0n) is 9.87. The SMILES string of the molecule is C[C@H]1CCCC[C@H]1n1nnc2c(N)ncnc21. The molecular weight excluding hydrogens is 216 g/mol. The third-order valence-corrected chi connectivity index (χ3v) is 3.67. The van der Waals surface area contributed by atoms with E-state index in [9.17, 15) is 0 Å². The van der Waals surface area contributed by atoms with E-state index in [1.165, 1.54) is 25.6 Å². The molecule has 17 heavy (non-hydrogen) atoms. The van der Waals surface area contributed by atoms with Crippen molar-refractivity contribution >= 4 is 17.0 Å². The number of aromatic nitrogens is 5. The summed E-state index contributed by atoms with van der Waals surface area (Å²) >= 11 is 0. The molecule has 2 aromatic rings. The van der Waals surface area contributed by atoms with Crippen LogP contribution in [0, 0.1) is 5.92 Å². The van der Waals surface area contributed by atoms with E-state index in [4.69, 9.17) is 5.73 Å². The number of rotatable bonds is 1. The number of hydrogen-bond donors (Lipinski definition) is 1. The van der Waals surface area contributed by atoms with Crippen molar-refractivity contribution in [1.29, 1.82) is 0 Å². The molecule has 0 saturated heterocycles. The highest BCUT2D eigenvalue weighted by Crippen LogP contribution is 2.34. The fraction of sp³-hybridized carbons (Fsp3) is 0.636. The predicted molar refractivity (Wildman–Crippen MR) is 64.2 cm³/mol. The molecule has 2 heterocycles. The molecule has 3 rings (SSSR count). The standard InChI is InChI=1S/C11H16N6/c1-7-4-2-3-5-8(7)17-11-9(15-16-17)10(12)13-6-14-11/h6-8H,2-5H2,1H3,(H2,12,13,14)/t7-,8+/m0/s1. The van der Waals surface area contributed by atoms with Crippen molar-refractivity contribution in [1.82, 2.24) is 25.0 Å². The molecule has 1 fully saturated rings. The lowest BCUT2D eigenvalue weighted by molar-refractivity contribution is 0.241. The molecule has 6 nitrogen and oxygen atoms in total. The van der Waals surface area contributed by atoms with Gasteiger partial charge in [0.15, 0.2) is 17.0 Å². The Morgan fingerprint density at radius 2 is 2.12 bits per heavy atom. The van der Waals surface area contributed by atoms with E-state index in [0.717, 1.165) is 12.1 Å². The summed E-state index contributed by atoms with van der Waals surface area (Å²) in [6.45, 7) is 2.27. The maximum absolute atomic E-state index is 5.77. The average molecular weight is 232 g/mol. The van der Waals surface area contributed by atoms with Gasteiger partial charge in [-0.25, -0.2) is 14.6 Å². The minimum Gasteiger partial charge on any atom is -0.382 e. The second kappa shape index (κ2) is 3.94. The highest BCUT2D eigenvalue weighted by molar-refractivity contribution is 5.80. The lowest BCUT2D eigenvalue weighted by Crippen LogP contribution is -2.22. The molecule has 90 valence electrons. The molecule has 1 aliphatic rings. The van der Waals surface area contributed by atoms with E-state index in [2.05, 4.69) is 27.2 Å². The number of anilines is 1. The molecule has 2 aromatic heterocycles. The molecule has 1 saturated carbocycles. The second-order valence-corrected chi connectivity index (χ2v) is 4.79. The van der Waals surface area contributed by atoms with Crippen LogP contribution >= 0.6 is 0 Å². The topological polar surface area (TPSA) is 82.5 Å². The fourth-order valence-corrected chi connectivity index (χ4v) is 2.66. The maximum Gasteiger partial charge on any atom is 0.184 e. The summed E-state index contributed by atoms with van der Waals surface area (Å²) in [6.07, 6.45) is 6.42. The Bertz CT molecular complexity index is 534. The molecule has 0 spiro atoms. The molecule has 0 radical (unpaired) electrons. The molecule has 1 aliphatic carbocycles. The summed E-state index contributed by atoms with van der Waals surface area (Å²) < 4.78 is 1.93. The van der Waals surface area contributed by atoms with Gasteiger partial charge in [-0.2, -0.15) is 0 Å². The van der Waals surface area contributed by atoms with Crippen LogP contribution in [0.1, 0.15) is 38.6 Å². The summed E-state index contributed by atoms with van der Waals surface area (Å²) in [4.78, 5) is 8.19. The van der Waals surface area contributed by atoms with Crippen molar-refractivity contribution in [3.05, 3.63) is 6.33 Å². The Balaban J connectivity index is 2.08. The molecule has 2 atom stereocenters. The largest absolute Gasteiger partial charge is 0.382 e. The summed E-state index contributed by atoms with van der Waals surface area (Å²) in [5, 5.41) is 8.31. The summed E-state index contributed by atoms with van der Waals surface area (Å²) in [7, 11) is 0. The average Bonchev–Trinajstić information content (AvgIpc) is 2.75. The van der Waals surface area contributed by atoms with E-state index >= 15 is 0 Å². The summed E-state index contributed by atoms with van der Waals surface area (Å²) in [5.41, 5.74) is 7.14. The first-order chi connectivity index (χ1) is 8.27. The molecule has 2 N–H and O–H groups in total. The van der Waals surface area contributed by atoms with Crippen LogP contribution in [0.3, 0.4) is 0 Å².